The molecule has 0 spiro atoms. The number of halogens is 3. The van der Waals surface area contributed by atoms with Gasteiger partial charge in [0.05, 0.1) is 17.8 Å². The fourth-order valence-corrected chi connectivity index (χ4v) is 3.83. The third kappa shape index (κ3) is 4.22. The van der Waals surface area contributed by atoms with Crippen LogP contribution in [0.4, 0.5) is 13.2 Å². The molecule has 0 amide bonds. The van der Waals surface area contributed by atoms with Gasteiger partial charge in [-0.25, -0.2) is 9.78 Å². The fraction of sp³-hybridized carbons (Fsp3) is 0.375. The van der Waals surface area contributed by atoms with Gasteiger partial charge >= 0.3 is 12.1 Å². The first kappa shape index (κ1) is 20.0. The molecular formula is C16H16F3N5O3S. The number of rotatable bonds is 2. The van der Waals surface area contributed by atoms with Crippen LogP contribution in [0.25, 0.3) is 20.7 Å². The zero-order valence-corrected chi connectivity index (χ0v) is 15.4. The second kappa shape index (κ2) is 7.72. The number of hydrogen-bond acceptors (Lipinski definition) is 6. The summed E-state index contributed by atoms with van der Waals surface area (Å²) in [7, 11) is 0. The number of aryl methyl sites for hydroxylation is 1. The second-order valence-corrected chi connectivity index (χ2v) is 7.19. The summed E-state index contributed by atoms with van der Waals surface area (Å²) < 4.78 is 32.4. The van der Waals surface area contributed by atoms with Crippen LogP contribution in [-0.4, -0.2) is 44.0 Å². The van der Waals surface area contributed by atoms with Gasteiger partial charge in [-0.05, 0) is 32.4 Å². The van der Waals surface area contributed by atoms with E-state index in [1.165, 1.54) is 11.3 Å². The van der Waals surface area contributed by atoms with E-state index in [0.717, 1.165) is 46.9 Å². The number of aliphatic carboxylic acids is 1. The molecule has 150 valence electrons. The Bertz CT molecular complexity index is 1050. The molecule has 4 rings (SSSR count). The molecule has 1 saturated heterocycles. The number of hydrogen-bond donors (Lipinski definition) is 4. The van der Waals surface area contributed by atoms with Crippen LogP contribution in [0.15, 0.2) is 17.1 Å². The van der Waals surface area contributed by atoms with Gasteiger partial charge in [-0.2, -0.15) is 18.3 Å². The summed E-state index contributed by atoms with van der Waals surface area (Å²) in [5.74, 6) is -2.01. The van der Waals surface area contributed by atoms with Gasteiger partial charge < -0.3 is 15.4 Å². The number of carbonyl (C=O) groups is 1. The van der Waals surface area contributed by atoms with Gasteiger partial charge in [0.1, 0.15) is 10.5 Å². The Kier molecular flexibility index (Phi) is 5.52. The standard InChI is InChI=1S/C14H15N5OS.C2HF3O2/c1-7-8(6-16-19-7)11-5-10-12(21-11)14(20)18-13(17-10)9-3-2-4-15-9;3-2(4,5)1(6)7/h5-6,9,15H,2-4H2,1H3,(H,16,19)(H,17,18,20);(H,6,7)/t9-;/m0./s1. The summed E-state index contributed by atoms with van der Waals surface area (Å²) >= 11 is 1.46. The van der Waals surface area contributed by atoms with Crippen molar-refractivity contribution in [2.75, 3.05) is 6.54 Å². The molecule has 0 bridgehead atoms. The molecule has 12 heteroatoms. The number of fused-ring (bicyclic) bond motifs is 1. The normalized spacial score (nSPS) is 16.8. The van der Waals surface area contributed by atoms with Crippen molar-refractivity contribution in [1.29, 1.82) is 0 Å². The van der Waals surface area contributed by atoms with Crippen molar-refractivity contribution >= 4 is 27.5 Å². The topological polar surface area (TPSA) is 124 Å². The minimum Gasteiger partial charge on any atom is -0.475 e. The summed E-state index contributed by atoms with van der Waals surface area (Å²) in [6.07, 6.45) is -1.16. The van der Waals surface area contributed by atoms with Gasteiger partial charge in [0.25, 0.3) is 5.56 Å². The molecule has 3 aromatic rings. The molecule has 0 saturated carbocycles. The lowest BCUT2D eigenvalue weighted by Crippen LogP contribution is -2.21. The Hall–Kier alpha value is -2.73. The molecule has 0 aromatic carbocycles. The van der Waals surface area contributed by atoms with Crippen LogP contribution in [0.1, 0.15) is 30.4 Å². The fourth-order valence-electron chi connectivity index (χ4n) is 2.77. The molecule has 1 fully saturated rings. The first-order chi connectivity index (χ1) is 13.2. The van der Waals surface area contributed by atoms with Crippen molar-refractivity contribution in [2.45, 2.75) is 32.0 Å². The average molecular weight is 415 g/mol. The first-order valence-electron chi connectivity index (χ1n) is 8.24. The number of thiophene rings is 1. The summed E-state index contributed by atoms with van der Waals surface area (Å²) in [5.41, 5.74) is 2.73. The van der Waals surface area contributed by atoms with Crippen LogP contribution < -0.4 is 10.9 Å². The highest BCUT2D eigenvalue weighted by Gasteiger charge is 2.38. The van der Waals surface area contributed by atoms with E-state index in [2.05, 4.69) is 25.5 Å². The van der Waals surface area contributed by atoms with Crippen LogP contribution in [-0.2, 0) is 4.79 Å². The van der Waals surface area contributed by atoms with Gasteiger partial charge in [0.2, 0.25) is 0 Å². The highest BCUT2D eigenvalue weighted by atomic mass is 32.1. The molecule has 0 unspecified atom stereocenters. The number of carboxylic acids is 1. The Morgan fingerprint density at radius 3 is 2.64 bits per heavy atom. The summed E-state index contributed by atoms with van der Waals surface area (Å²) in [5, 5.41) is 17.4. The molecule has 8 nitrogen and oxygen atoms in total. The van der Waals surface area contributed by atoms with Gasteiger partial charge in [0.15, 0.2) is 0 Å². The van der Waals surface area contributed by atoms with Crippen molar-refractivity contribution in [3.8, 4) is 10.4 Å². The smallest absolute Gasteiger partial charge is 0.475 e. The van der Waals surface area contributed by atoms with Crippen molar-refractivity contribution < 1.29 is 23.1 Å². The van der Waals surface area contributed by atoms with Crippen LogP contribution in [0.2, 0.25) is 0 Å². The average Bonchev–Trinajstić information content (AvgIpc) is 3.34. The molecular weight excluding hydrogens is 399 g/mol. The van der Waals surface area contributed by atoms with E-state index in [0.29, 0.717) is 4.70 Å². The number of nitrogens with one attached hydrogen (secondary N) is 3. The highest BCUT2D eigenvalue weighted by molar-refractivity contribution is 7.22. The van der Waals surface area contributed by atoms with Crippen LogP contribution in [0.3, 0.4) is 0 Å². The zero-order chi connectivity index (χ0) is 20.5. The predicted molar refractivity (Wildman–Crippen MR) is 96.2 cm³/mol. The summed E-state index contributed by atoms with van der Waals surface area (Å²) in [6.45, 7) is 2.95. The Morgan fingerprint density at radius 2 is 2.11 bits per heavy atom. The van der Waals surface area contributed by atoms with Gasteiger partial charge in [0, 0.05) is 16.1 Å². The monoisotopic (exact) mass is 415 g/mol. The van der Waals surface area contributed by atoms with Crippen molar-refractivity contribution in [3.63, 3.8) is 0 Å². The Morgan fingerprint density at radius 1 is 1.39 bits per heavy atom. The molecule has 0 radical (unpaired) electrons. The molecule has 1 aliphatic rings. The van der Waals surface area contributed by atoms with Gasteiger partial charge in [-0.3, -0.25) is 9.89 Å². The Labute approximate surface area is 159 Å². The maximum atomic E-state index is 12.3. The SMILES string of the molecule is Cc1[nH]ncc1-c1cc2nc([C@@H]3CCCN3)[nH]c(=O)c2s1.O=C(O)C(F)(F)F. The van der Waals surface area contributed by atoms with Crippen LogP contribution in [0.5, 0.6) is 0 Å². The quantitative estimate of drug-likeness (QED) is 0.510. The minimum atomic E-state index is -5.08. The lowest BCUT2D eigenvalue weighted by molar-refractivity contribution is -0.192. The van der Waals surface area contributed by atoms with E-state index in [4.69, 9.17) is 9.90 Å². The maximum absolute atomic E-state index is 12.3. The first-order valence-corrected chi connectivity index (χ1v) is 9.06. The lowest BCUT2D eigenvalue weighted by Gasteiger charge is -2.08. The second-order valence-electron chi connectivity index (χ2n) is 6.14. The largest absolute Gasteiger partial charge is 0.490 e. The summed E-state index contributed by atoms with van der Waals surface area (Å²) in [4.78, 5) is 29.8. The van der Waals surface area contributed by atoms with E-state index < -0.39 is 12.1 Å². The molecule has 1 aliphatic heterocycles. The van der Waals surface area contributed by atoms with Crippen LogP contribution >= 0.6 is 11.3 Å². The molecule has 0 aliphatic carbocycles. The van der Waals surface area contributed by atoms with E-state index in [1.807, 2.05) is 13.0 Å². The highest BCUT2D eigenvalue weighted by Crippen LogP contribution is 2.32. The zero-order valence-electron chi connectivity index (χ0n) is 14.6. The van der Waals surface area contributed by atoms with Crippen LogP contribution in [0, 0.1) is 6.92 Å². The van der Waals surface area contributed by atoms with Crippen molar-refractivity contribution in [3.05, 3.63) is 34.1 Å². The molecule has 1 atom stereocenters. The number of aromatic amines is 2. The van der Waals surface area contributed by atoms with E-state index in [1.54, 1.807) is 6.20 Å². The number of aromatic nitrogens is 4. The van der Waals surface area contributed by atoms with E-state index >= 15 is 0 Å². The van der Waals surface area contributed by atoms with Crippen molar-refractivity contribution in [1.82, 2.24) is 25.5 Å². The Balaban J connectivity index is 0.000000279. The van der Waals surface area contributed by atoms with E-state index in [9.17, 15) is 18.0 Å². The van der Waals surface area contributed by atoms with E-state index in [-0.39, 0.29) is 11.6 Å². The van der Waals surface area contributed by atoms with Crippen molar-refractivity contribution in [2.24, 2.45) is 0 Å². The third-order valence-corrected chi connectivity index (χ3v) is 5.29. The minimum absolute atomic E-state index is 0.0545. The number of nitrogens with zero attached hydrogens (tertiary/aromatic N) is 2. The van der Waals surface area contributed by atoms with Gasteiger partial charge in [-0.1, -0.05) is 0 Å². The molecule has 4 N–H and O–H groups in total. The third-order valence-electron chi connectivity index (χ3n) is 4.13. The lowest BCUT2D eigenvalue weighted by atomic mass is 10.2. The number of alkyl halides is 3. The predicted octanol–water partition coefficient (Wildman–Crippen LogP) is 2.74. The molecule has 28 heavy (non-hydrogen) atoms. The maximum Gasteiger partial charge on any atom is 0.490 e. The summed E-state index contributed by atoms with van der Waals surface area (Å²) in [6, 6.07) is 2.15. The molecule has 4 heterocycles. The molecule has 3 aromatic heterocycles. The van der Waals surface area contributed by atoms with Gasteiger partial charge in [-0.15, -0.1) is 11.3 Å². The number of H-pyrrole nitrogens is 2. The number of carboxylic acid groups (broad SMARTS) is 1.